The number of ether oxygens (including phenoxy) is 1. The molecule has 0 unspecified atom stereocenters. The highest BCUT2D eigenvalue weighted by molar-refractivity contribution is 9.10. The molecule has 0 bridgehead atoms. The fourth-order valence-electron chi connectivity index (χ4n) is 2.74. The molecule has 1 saturated heterocycles. The van der Waals surface area contributed by atoms with Crippen LogP contribution in [0, 0.1) is 0 Å². The van der Waals surface area contributed by atoms with Crippen molar-refractivity contribution in [3.8, 4) is 0 Å². The van der Waals surface area contributed by atoms with Gasteiger partial charge in [-0.3, -0.25) is 0 Å². The minimum atomic E-state index is -1.78. The maximum atomic E-state index is 6.65. The van der Waals surface area contributed by atoms with Gasteiger partial charge in [-0.05, 0) is 29.8 Å². The van der Waals surface area contributed by atoms with Crippen molar-refractivity contribution >= 4 is 30.3 Å². The molecule has 2 nitrogen and oxygen atoms in total. The van der Waals surface area contributed by atoms with Gasteiger partial charge in [0.05, 0.1) is 18.3 Å². The van der Waals surface area contributed by atoms with Crippen molar-refractivity contribution in [2.24, 2.45) is 0 Å². The Kier molecular flexibility index (Phi) is 6.88. The van der Waals surface area contributed by atoms with Gasteiger partial charge in [-0.1, -0.05) is 73.1 Å². The van der Waals surface area contributed by atoms with Crippen LogP contribution in [0.25, 0.3) is 6.08 Å². The lowest BCUT2D eigenvalue weighted by atomic mass is 10.00. The molecule has 0 N–H and O–H groups in total. The van der Waals surface area contributed by atoms with E-state index in [0.717, 1.165) is 22.9 Å². The second-order valence-electron chi connectivity index (χ2n) is 8.30. The van der Waals surface area contributed by atoms with Gasteiger partial charge in [0, 0.05) is 17.3 Å². The van der Waals surface area contributed by atoms with Crippen molar-refractivity contribution in [1.29, 1.82) is 0 Å². The first-order valence-corrected chi connectivity index (χ1v) is 12.7. The van der Waals surface area contributed by atoms with Crippen molar-refractivity contribution < 1.29 is 9.16 Å². The van der Waals surface area contributed by atoms with E-state index in [1.807, 2.05) is 18.2 Å². The average molecular weight is 423 g/mol. The molecule has 1 aromatic rings. The van der Waals surface area contributed by atoms with E-state index < -0.39 is 8.32 Å². The van der Waals surface area contributed by atoms with Crippen LogP contribution in [0.2, 0.25) is 18.1 Å². The lowest BCUT2D eigenvalue weighted by molar-refractivity contribution is -0.0501. The number of halogens is 1. The highest BCUT2D eigenvalue weighted by Crippen LogP contribution is 2.39. The van der Waals surface area contributed by atoms with Crippen LogP contribution in [-0.4, -0.2) is 26.6 Å². The van der Waals surface area contributed by atoms with Gasteiger partial charge < -0.3 is 9.16 Å². The zero-order valence-corrected chi connectivity index (χ0v) is 18.7. The van der Waals surface area contributed by atoms with Crippen LogP contribution < -0.4 is 0 Å². The Balaban J connectivity index is 2.10. The summed E-state index contributed by atoms with van der Waals surface area (Å²) < 4.78 is 13.9. The summed E-state index contributed by atoms with van der Waals surface area (Å²) in [7, 11) is -1.78. The number of hydrogen-bond donors (Lipinski definition) is 0. The molecule has 1 aromatic carbocycles. The smallest absolute Gasteiger partial charge is 0.192 e. The Bertz CT molecular complexity index is 619. The number of rotatable bonds is 5. The maximum Gasteiger partial charge on any atom is 0.192 e. The maximum absolute atomic E-state index is 6.65. The van der Waals surface area contributed by atoms with Gasteiger partial charge >= 0.3 is 0 Å². The lowest BCUT2D eigenvalue weighted by Gasteiger charge is -2.42. The predicted octanol–water partition coefficient (Wildman–Crippen LogP) is 6.59. The van der Waals surface area contributed by atoms with Gasteiger partial charge in [-0.25, -0.2) is 0 Å². The van der Waals surface area contributed by atoms with E-state index in [9.17, 15) is 0 Å². The fraction of sp³-hybridized carbons (Fsp3) is 0.524. The van der Waals surface area contributed by atoms with Crippen LogP contribution in [0.1, 0.15) is 39.2 Å². The van der Waals surface area contributed by atoms with E-state index in [4.69, 9.17) is 9.16 Å². The van der Waals surface area contributed by atoms with Gasteiger partial charge in [0.2, 0.25) is 0 Å². The molecule has 0 saturated carbocycles. The molecule has 2 rings (SSSR count). The fourth-order valence-corrected chi connectivity index (χ4v) is 4.53. The molecule has 0 amide bonds. The minimum absolute atomic E-state index is 0.0531. The van der Waals surface area contributed by atoms with Gasteiger partial charge in [0.15, 0.2) is 8.32 Å². The summed E-state index contributed by atoms with van der Waals surface area (Å²) >= 11 is 3.59. The van der Waals surface area contributed by atoms with Crippen LogP contribution in [0.4, 0.5) is 0 Å². The summed E-state index contributed by atoms with van der Waals surface area (Å²) in [5.41, 5.74) is 1.16. The van der Waals surface area contributed by atoms with E-state index in [1.165, 1.54) is 0 Å². The SMILES string of the molecule is C=C[C@H]1C[C@@H](O[Si](C)(C)C(C)(C)C)C[C@@H](/C=C\c2ccccc2Br)O1. The molecule has 1 aliphatic rings. The van der Waals surface area contributed by atoms with Gasteiger partial charge in [0.25, 0.3) is 0 Å². The van der Waals surface area contributed by atoms with Gasteiger partial charge in [0.1, 0.15) is 0 Å². The number of benzene rings is 1. The summed E-state index contributed by atoms with van der Waals surface area (Å²) in [6.45, 7) is 15.4. The largest absolute Gasteiger partial charge is 0.414 e. The normalized spacial score (nSPS) is 25.3. The molecule has 0 aliphatic carbocycles. The molecule has 138 valence electrons. The highest BCUT2D eigenvalue weighted by Gasteiger charge is 2.41. The summed E-state index contributed by atoms with van der Waals surface area (Å²) in [6.07, 6.45) is 8.32. The second-order valence-corrected chi connectivity index (χ2v) is 13.9. The lowest BCUT2D eigenvalue weighted by Crippen LogP contribution is -2.47. The first-order chi connectivity index (χ1) is 11.6. The standard InChI is InChI=1S/C21H31BrO2Si/c1-7-17-14-19(24-25(5,6)21(2,3)4)15-18(23-17)13-12-16-10-8-9-11-20(16)22/h7-13,17-19H,1,14-15H2,2-6H3/b13-12-/t17-,18+,19+/m0/s1. The first kappa shape index (κ1) is 20.6. The summed E-state index contributed by atoms with van der Waals surface area (Å²) in [5, 5.41) is 0.217. The van der Waals surface area contributed by atoms with Gasteiger partial charge in [-0.2, -0.15) is 0 Å². The van der Waals surface area contributed by atoms with E-state index in [2.05, 4.69) is 80.7 Å². The van der Waals surface area contributed by atoms with Gasteiger partial charge in [-0.15, -0.1) is 6.58 Å². The van der Waals surface area contributed by atoms with Crippen molar-refractivity contribution in [2.45, 2.75) is 70.1 Å². The van der Waals surface area contributed by atoms with Crippen molar-refractivity contribution in [2.75, 3.05) is 0 Å². The quantitative estimate of drug-likeness (QED) is 0.393. The van der Waals surface area contributed by atoms with E-state index >= 15 is 0 Å². The predicted molar refractivity (Wildman–Crippen MR) is 113 cm³/mol. The van der Waals surface area contributed by atoms with Crippen molar-refractivity contribution in [3.05, 3.63) is 53.0 Å². The molecular weight excluding hydrogens is 392 g/mol. The summed E-state index contributed by atoms with van der Waals surface area (Å²) in [4.78, 5) is 0. The van der Waals surface area contributed by atoms with Crippen molar-refractivity contribution in [1.82, 2.24) is 0 Å². The molecule has 1 fully saturated rings. The van der Waals surface area contributed by atoms with E-state index in [0.29, 0.717) is 0 Å². The Morgan fingerprint density at radius 1 is 1.20 bits per heavy atom. The second kappa shape index (κ2) is 8.34. The topological polar surface area (TPSA) is 18.5 Å². The molecule has 4 heteroatoms. The highest BCUT2D eigenvalue weighted by atomic mass is 79.9. The van der Waals surface area contributed by atoms with Crippen molar-refractivity contribution in [3.63, 3.8) is 0 Å². The zero-order chi connectivity index (χ0) is 18.7. The van der Waals surface area contributed by atoms with Crippen LogP contribution in [0.5, 0.6) is 0 Å². The molecule has 0 aromatic heterocycles. The molecule has 1 aliphatic heterocycles. The monoisotopic (exact) mass is 422 g/mol. The first-order valence-electron chi connectivity index (χ1n) is 9.01. The molecule has 3 atom stereocenters. The molecule has 25 heavy (non-hydrogen) atoms. The van der Waals surface area contributed by atoms with Crippen LogP contribution in [0.15, 0.2) is 47.5 Å². The van der Waals surface area contributed by atoms with E-state index in [-0.39, 0.29) is 23.4 Å². The third kappa shape index (κ3) is 5.65. The number of hydrogen-bond acceptors (Lipinski definition) is 2. The molecule has 0 spiro atoms. The third-order valence-corrected chi connectivity index (χ3v) is 10.5. The average Bonchev–Trinajstić information content (AvgIpc) is 2.52. The Labute approximate surface area is 162 Å². The van der Waals surface area contributed by atoms with Crippen LogP contribution >= 0.6 is 15.9 Å². The third-order valence-electron chi connectivity index (χ3n) is 5.27. The summed E-state index contributed by atoms with van der Waals surface area (Å²) in [6, 6.07) is 8.22. The Morgan fingerprint density at radius 2 is 1.84 bits per heavy atom. The minimum Gasteiger partial charge on any atom is -0.414 e. The molecule has 0 radical (unpaired) electrons. The molecule has 1 heterocycles. The Hall–Kier alpha value is -0.683. The Morgan fingerprint density at radius 3 is 2.44 bits per heavy atom. The van der Waals surface area contributed by atoms with Crippen LogP contribution in [0.3, 0.4) is 0 Å². The zero-order valence-electron chi connectivity index (χ0n) is 16.1. The van der Waals surface area contributed by atoms with E-state index in [1.54, 1.807) is 0 Å². The summed E-state index contributed by atoms with van der Waals surface area (Å²) in [5.74, 6) is 0. The molecular formula is C21H31BrO2Si. The van der Waals surface area contributed by atoms with Crippen LogP contribution in [-0.2, 0) is 9.16 Å².